The standard InChI is InChI=1S/C34H39N5O5/c1-22-4-2-5-25(18-22)34(42)39-15-3-14-38(16-17-39)29-12-6-23(32(40)36-27-10-8-26(35)9-11-27)19-28(29)37-33(41)24-7-13-30-31(20-24)44-21-43-30/h2,4-7,12-13,18-20,26-27H,3,8-11,14-17,21,35H2,1H3,(H,36,40)(H,37,41). The number of nitrogens with one attached hydrogen (secondary N) is 2. The number of amides is 3. The highest BCUT2D eigenvalue weighted by Gasteiger charge is 2.25. The first-order valence-electron chi connectivity index (χ1n) is 15.4. The van der Waals surface area contributed by atoms with Gasteiger partial charge in [-0.2, -0.15) is 0 Å². The second-order valence-electron chi connectivity index (χ2n) is 11.8. The Hall–Kier alpha value is -4.57. The molecule has 0 atom stereocenters. The van der Waals surface area contributed by atoms with Crippen molar-refractivity contribution in [1.29, 1.82) is 0 Å². The van der Waals surface area contributed by atoms with Crippen LogP contribution in [0.15, 0.2) is 60.7 Å². The van der Waals surface area contributed by atoms with E-state index in [1.807, 2.05) is 42.2 Å². The van der Waals surface area contributed by atoms with Gasteiger partial charge >= 0.3 is 0 Å². The number of hydrogen-bond donors (Lipinski definition) is 3. The zero-order valence-electron chi connectivity index (χ0n) is 25.0. The Bertz CT molecular complexity index is 1550. The number of rotatable bonds is 6. The molecule has 2 heterocycles. The molecule has 0 unspecified atom stereocenters. The van der Waals surface area contributed by atoms with Gasteiger partial charge in [-0.1, -0.05) is 17.7 Å². The molecule has 0 radical (unpaired) electrons. The lowest BCUT2D eigenvalue weighted by Crippen LogP contribution is -2.40. The maximum atomic E-state index is 13.5. The predicted octanol–water partition coefficient (Wildman–Crippen LogP) is 4.33. The average molecular weight is 598 g/mol. The van der Waals surface area contributed by atoms with Crippen molar-refractivity contribution in [3.63, 3.8) is 0 Å². The van der Waals surface area contributed by atoms with Crippen LogP contribution in [-0.2, 0) is 0 Å². The molecule has 1 aliphatic carbocycles. The molecule has 6 rings (SSSR count). The Kier molecular flexibility index (Phi) is 8.70. The first-order valence-corrected chi connectivity index (χ1v) is 15.4. The maximum absolute atomic E-state index is 13.5. The van der Waals surface area contributed by atoms with E-state index < -0.39 is 0 Å². The molecule has 44 heavy (non-hydrogen) atoms. The second kappa shape index (κ2) is 13.0. The maximum Gasteiger partial charge on any atom is 0.255 e. The third kappa shape index (κ3) is 6.65. The summed E-state index contributed by atoms with van der Waals surface area (Å²) in [6.45, 7) is 4.54. The molecule has 230 valence electrons. The smallest absolute Gasteiger partial charge is 0.255 e. The third-order valence-corrected chi connectivity index (χ3v) is 8.64. The lowest BCUT2D eigenvalue weighted by Gasteiger charge is -2.28. The zero-order valence-corrected chi connectivity index (χ0v) is 25.0. The molecule has 1 saturated carbocycles. The summed E-state index contributed by atoms with van der Waals surface area (Å²) in [6.07, 6.45) is 4.24. The van der Waals surface area contributed by atoms with E-state index in [1.54, 1.807) is 30.3 Å². The first kappa shape index (κ1) is 29.5. The van der Waals surface area contributed by atoms with Crippen LogP contribution in [-0.4, -0.2) is 67.7 Å². The molecule has 3 aliphatic rings. The summed E-state index contributed by atoms with van der Waals surface area (Å²) < 4.78 is 10.9. The van der Waals surface area contributed by atoms with Gasteiger partial charge < -0.3 is 35.6 Å². The molecule has 3 amide bonds. The van der Waals surface area contributed by atoms with Gasteiger partial charge in [-0.3, -0.25) is 14.4 Å². The van der Waals surface area contributed by atoms with Crippen LogP contribution < -0.4 is 30.7 Å². The number of nitrogens with two attached hydrogens (primary N) is 1. The average Bonchev–Trinajstić information content (AvgIpc) is 3.37. The van der Waals surface area contributed by atoms with Gasteiger partial charge in [0.2, 0.25) is 6.79 Å². The number of aryl methyl sites for hydroxylation is 1. The van der Waals surface area contributed by atoms with Gasteiger partial charge in [0.15, 0.2) is 11.5 Å². The van der Waals surface area contributed by atoms with Crippen molar-refractivity contribution < 1.29 is 23.9 Å². The number of nitrogens with zero attached hydrogens (tertiary/aromatic N) is 2. The molecule has 3 aromatic carbocycles. The summed E-state index contributed by atoms with van der Waals surface area (Å²) in [4.78, 5) is 44.1. The minimum Gasteiger partial charge on any atom is -0.454 e. The van der Waals surface area contributed by atoms with Gasteiger partial charge in [0, 0.05) is 55.0 Å². The molecule has 0 aromatic heterocycles. The third-order valence-electron chi connectivity index (χ3n) is 8.64. The van der Waals surface area contributed by atoms with Crippen LogP contribution in [0.2, 0.25) is 0 Å². The van der Waals surface area contributed by atoms with Crippen molar-refractivity contribution >= 4 is 29.1 Å². The van der Waals surface area contributed by atoms with Crippen molar-refractivity contribution in [2.45, 2.75) is 51.1 Å². The molecule has 2 aliphatic heterocycles. The SMILES string of the molecule is Cc1cccc(C(=O)N2CCCN(c3ccc(C(=O)NC4CCC(N)CC4)cc3NC(=O)c3ccc4c(c3)OCO4)CC2)c1. The van der Waals surface area contributed by atoms with Gasteiger partial charge in [-0.05, 0) is 87.6 Å². The van der Waals surface area contributed by atoms with Crippen molar-refractivity contribution in [3.05, 3.63) is 82.9 Å². The molecular formula is C34H39N5O5. The Morgan fingerprint density at radius 2 is 1.57 bits per heavy atom. The summed E-state index contributed by atoms with van der Waals surface area (Å²) >= 11 is 0. The van der Waals surface area contributed by atoms with Gasteiger partial charge in [0.05, 0.1) is 11.4 Å². The monoisotopic (exact) mass is 597 g/mol. The fourth-order valence-corrected chi connectivity index (χ4v) is 6.14. The van der Waals surface area contributed by atoms with Crippen LogP contribution in [0.1, 0.15) is 68.7 Å². The lowest BCUT2D eigenvalue weighted by molar-refractivity contribution is 0.0766. The molecule has 0 bridgehead atoms. The number of carbonyl (C=O) groups excluding carboxylic acids is 3. The molecule has 4 N–H and O–H groups in total. The fourth-order valence-electron chi connectivity index (χ4n) is 6.14. The van der Waals surface area contributed by atoms with E-state index in [1.165, 1.54) is 0 Å². The van der Waals surface area contributed by atoms with E-state index in [9.17, 15) is 14.4 Å². The van der Waals surface area contributed by atoms with E-state index >= 15 is 0 Å². The Balaban J connectivity index is 1.23. The number of fused-ring (bicyclic) bond motifs is 1. The van der Waals surface area contributed by atoms with Crippen molar-refractivity contribution in [1.82, 2.24) is 10.2 Å². The molecule has 1 saturated heterocycles. The second-order valence-corrected chi connectivity index (χ2v) is 11.8. The van der Waals surface area contributed by atoms with Gasteiger partial charge in [-0.25, -0.2) is 0 Å². The quantitative estimate of drug-likeness (QED) is 0.386. The van der Waals surface area contributed by atoms with E-state index in [4.69, 9.17) is 15.2 Å². The molecule has 2 fully saturated rings. The van der Waals surface area contributed by atoms with Gasteiger partial charge in [0.25, 0.3) is 17.7 Å². The molecular weight excluding hydrogens is 558 g/mol. The number of hydrogen-bond acceptors (Lipinski definition) is 7. The van der Waals surface area contributed by atoms with Crippen LogP contribution in [0.25, 0.3) is 0 Å². The van der Waals surface area contributed by atoms with Crippen LogP contribution in [0.3, 0.4) is 0 Å². The summed E-state index contributed by atoms with van der Waals surface area (Å²) in [5.41, 5.74) is 9.99. The number of benzene rings is 3. The summed E-state index contributed by atoms with van der Waals surface area (Å²) in [5.74, 6) is 0.626. The van der Waals surface area contributed by atoms with Crippen molar-refractivity contribution in [2.24, 2.45) is 5.73 Å². The van der Waals surface area contributed by atoms with Gasteiger partial charge in [0.1, 0.15) is 0 Å². The molecule has 10 nitrogen and oxygen atoms in total. The van der Waals surface area contributed by atoms with Crippen molar-refractivity contribution in [3.8, 4) is 11.5 Å². The van der Waals surface area contributed by atoms with Crippen LogP contribution in [0.5, 0.6) is 11.5 Å². The van der Waals surface area contributed by atoms with E-state index in [0.717, 1.165) is 43.4 Å². The summed E-state index contributed by atoms with van der Waals surface area (Å²) in [5, 5.41) is 6.20. The summed E-state index contributed by atoms with van der Waals surface area (Å²) in [6, 6.07) is 18.4. The summed E-state index contributed by atoms with van der Waals surface area (Å²) in [7, 11) is 0. The van der Waals surface area contributed by atoms with E-state index in [0.29, 0.717) is 60.1 Å². The normalized spacial score (nSPS) is 19.7. The molecule has 10 heteroatoms. The highest BCUT2D eigenvalue weighted by Crippen LogP contribution is 2.34. The largest absolute Gasteiger partial charge is 0.454 e. The Morgan fingerprint density at radius 1 is 0.795 bits per heavy atom. The van der Waals surface area contributed by atoms with Crippen molar-refractivity contribution in [2.75, 3.05) is 43.2 Å². The van der Waals surface area contributed by atoms with Crippen LogP contribution in [0.4, 0.5) is 11.4 Å². The molecule has 0 spiro atoms. The van der Waals surface area contributed by atoms with E-state index in [2.05, 4.69) is 15.5 Å². The van der Waals surface area contributed by atoms with Gasteiger partial charge in [-0.15, -0.1) is 0 Å². The topological polar surface area (TPSA) is 126 Å². The highest BCUT2D eigenvalue weighted by molar-refractivity contribution is 6.07. The Morgan fingerprint density at radius 3 is 2.39 bits per heavy atom. The van der Waals surface area contributed by atoms with E-state index in [-0.39, 0.29) is 36.6 Å². The predicted molar refractivity (Wildman–Crippen MR) is 169 cm³/mol. The van der Waals surface area contributed by atoms with Crippen LogP contribution in [0, 0.1) is 6.92 Å². The Labute approximate surface area is 257 Å². The minimum absolute atomic E-state index is 0.0163. The number of carbonyl (C=O) groups is 3. The number of ether oxygens (including phenoxy) is 2. The highest BCUT2D eigenvalue weighted by atomic mass is 16.7. The van der Waals surface area contributed by atoms with Crippen LogP contribution >= 0.6 is 0 Å². The first-order chi connectivity index (χ1) is 21.3. The zero-order chi connectivity index (χ0) is 30.6. The minimum atomic E-state index is -0.325. The lowest BCUT2D eigenvalue weighted by atomic mass is 9.91. The molecule has 3 aromatic rings. The fraction of sp³-hybridized carbons (Fsp3) is 0.382. The number of anilines is 2.